The lowest BCUT2D eigenvalue weighted by atomic mass is 10.2. The first kappa shape index (κ1) is 22.0. The Labute approximate surface area is 153 Å². The molecule has 0 saturated heterocycles. The van der Waals surface area contributed by atoms with Gasteiger partial charge in [0.1, 0.15) is 5.76 Å². The molecule has 0 spiro atoms. The number of aromatic nitrogens is 1. The molecule has 1 aromatic heterocycles. The molecule has 0 fully saturated rings. The molecule has 0 saturated carbocycles. The molecule has 1 aliphatic rings. The molecule has 0 unspecified atom stereocenters. The monoisotopic (exact) mass is 454 g/mol. The van der Waals surface area contributed by atoms with Crippen molar-refractivity contribution in [3.63, 3.8) is 0 Å². The number of hydrogen-bond acceptors (Lipinski definition) is 8. The summed E-state index contributed by atoms with van der Waals surface area (Å²) in [7, 11) is -12.2. The van der Waals surface area contributed by atoms with Gasteiger partial charge in [0.2, 0.25) is 0 Å². The lowest BCUT2D eigenvalue weighted by Crippen LogP contribution is -2.35. The summed E-state index contributed by atoms with van der Waals surface area (Å²) in [6.45, 7) is -0.902. The van der Waals surface area contributed by atoms with Gasteiger partial charge in [0.15, 0.2) is 0 Å². The van der Waals surface area contributed by atoms with Gasteiger partial charge in [-0.1, -0.05) is 6.07 Å². The maximum Gasteiger partial charge on any atom is 0.534 e. The van der Waals surface area contributed by atoms with Crippen LogP contribution in [0, 0.1) is 0 Å². The Balaban J connectivity index is 2.42. The highest BCUT2D eigenvalue weighted by atomic mass is 32.2. The van der Waals surface area contributed by atoms with E-state index < -0.39 is 49.3 Å². The molecule has 0 radical (unpaired) electrons. The van der Waals surface area contributed by atoms with E-state index in [0.717, 1.165) is 12.3 Å². The second kappa shape index (κ2) is 7.25. The van der Waals surface area contributed by atoms with Crippen LogP contribution in [0.25, 0.3) is 5.70 Å². The van der Waals surface area contributed by atoms with Crippen LogP contribution in [0.3, 0.4) is 0 Å². The van der Waals surface area contributed by atoms with Crippen molar-refractivity contribution in [3.8, 4) is 0 Å². The van der Waals surface area contributed by atoms with E-state index in [9.17, 15) is 43.2 Å². The first-order chi connectivity index (χ1) is 12.6. The van der Waals surface area contributed by atoms with Gasteiger partial charge >= 0.3 is 31.3 Å². The number of rotatable bonds is 5. The van der Waals surface area contributed by atoms with Crippen molar-refractivity contribution >= 4 is 25.9 Å². The molecule has 0 aromatic carbocycles. The quantitative estimate of drug-likeness (QED) is 0.379. The Morgan fingerprint density at radius 2 is 1.57 bits per heavy atom. The molecule has 0 N–H and O–H groups in total. The summed E-state index contributed by atoms with van der Waals surface area (Å²) in [5, 5.41) is 0.151. The van der Waals surface area contributed by atoms with Gasteiger partial charge in [0.25, 0.3) is 0 Å². The van der Waals surface area contributed by atoms with Gasteiger partial charge in [-0.25, -0.2) is 5.06 Å². The fourth-order valence-electron chi connectivity index (χ4n) is 1.72. The largest absolute Gasteiger partial charge is 0.534 e. The van der Waals surface area contributed by atoms with Crippen molar-refractivity contribution < 1.29 is 51.6 Å². The standard InChI is InChI=1S/C12H8F6N2O6S2/c13-11(14,15)27(21,22)25-8-4-6-20(26-28(23,24)12(16,17)18)10(7-8)9-3-1-2-5-19-9/h1-5,7H,6H2. The number of hydroxylamine groups is 2. The first-order valence-electron chi connectivity index (χ1n) is 6.76. The van der Waals surface area contributed by atoms with Crippen LogP contribution in [-0.2, 0) is 28.7 Å². The average Bonchev–Trinajstić information content (AvgIpc) is 2.54. The van der Waals surface area contributed by atoms with Crippen LogP contribution in [0.5, 0.6) is 0 Å². The molecule has 0 atom stereocenters. The highest BCUT2D eigenvalue weighted by molar-refractivity contribution is 7.87. The van der Waals surface area contributed by atoms with Crippen LogP contribution >= 0.6 is 0 Å². The van der Waals surface area contributed by atoms with Gasteiger partial charge in [-0.05, 0) is 18.2 Å². The summed E-state index contributed by atoms with van der Waals surface area (Å²) in [4.78, 5) is 3.70. The molecule has 28 heavy (non-hydrogen) atoms. The second-order valence-corrected chi connectivity index (χ2v) is 7.93. The second-order valence-electron chi connectivity index (χ2n) is 4.87. The Morgan fingerprint density at radius 1 is 0.964 bits per heavy atom. The van der Waals surface area contributed by atoms with Gasteiger partial charge in [-0.3, -0.25) is 4.98 Å². The van der Waals surface area contributed by atoms with E-state index in [1.54, 1.807) is 0 Å². The SMILES string of the molecule is O=S(=O)(OC1=CCN(OS(=O)(=O)C(F)(F)F)C(c2ccccn2)=C1)C(F)(F)F. The van der Waals surface area contributed by atoms with Crippen LogP contribution in [0.15, 0.2) is 42.3 Å². The van der Waals surface area contributed by atoms with E-state index in [1.807, 2.05) is 0 Å². The molecule has 0 bridgehead atoms. The summed E-state index contributed by atoms with van der Waals surface area (Å²) in [6.07, 6.45) is 2.24. The van der Waals surface area contributed by atoms with Gasteiger partial charge in [-0.2, -0.15) is 43.2 Å². The topological polar surface area (TPSA) is 103 Å². The summed E-state index contributed by atoms with van der Waals surface area (Å²) in [5.74, 6) is -0.928. The minimum Gasteiger partial charge on any atom is -0.376 e. The fourth-order valence-corrected chi connectivity index (χ4v) is 2.64. The number of allylic oxidation sites excluding steroid dienone is 1. The van der Waals surface area contributed by atoms with E-state index in [2.05, 4.69) is 13.5 Å². The molecule has 16 heteroatoms. The lowest BCUT2D eigenvalue weighted by Gasteiger charge is -2.27. The molecule has 156 valence electrons. The molecule has 0 amide bonds. The highest BCUT2D eigenvalue weighted by Gasteiger charge is 2.50. The van der Waals surface area contributed by atoms with Crippen LogP contribution in [0.1, 0.15) is 5.69 Å². The maximum absolute atomic E-state index is 12.5. The third kappa shape index (κ3) is 4.74. The lowest BCUT2D eigenvalue weighted by molar-refractivity contribution is -0.0771. The highest BCUT2D eigenvalue weighted by Crippen LogP contribution is 2.33. The number of pyridine rings is 1. The number of alkyl halides is 6. The Bertz CT molecular complexity index is 999. The third-order valence-electron chi connectivity index (χ3n) is 2.89. The molecule has 2 heterocycles. The Morgan fingerprint density at radius 3 is 2.07 bits per heavy atom. The van der Waals surface area contributed by atoms with E-state index in [-0.39, 0.29) is 10.8 Å². The predicted molar refractivity (Wildman–Crippen MR) is 79.1 cm³/mol. The van der Waals surface area contributed by atoms with Crippen molar-refractivity contribution in [2.24, 2.45) is 0 Å². The fraction of sp³-hybridized carbons (Fsp3) is 0.250. The normalized spacial score (nSPS) is 16.4. The van der Waals surface area contributed by atoms with Crippen LogP contribution in [0.2, 0.25) is 0 Å². The molecular weight excluding hydrogens is 446 g/mol. The minimum atomic E-state index is -6.13. The van der Waals surface area contributed by atoms with Gasteiger partial charge in [-0.15, -0.1) is 4.28 Å². The van der Waals surface area contributed by atoms with Crippen LogP contribution in [-0.4, -0.2) is 44.4 Å². The van der Waals surface area contributed by atoms with E-state index in [0.29, 0.717) is 12.2 Å². The minimum absolute atomic E-state index is 0.151. The van der Waals surface area contributed by atoms with Crippen LogP contribution in [0.4, 0.5) is 26.3 Å². The van der Waals surface area contributed by atoms with Crippen molar-refractivity contribution in [2.75, 3.05) is 6.54 Å². The molecule has 1 aliphatic heterocycles. The molecule has 0 aliphatic carbocycles. The van der Waals surface area contributed by atoms with E-state index in [1.165, 1.54) is 12.1 Å². The average molecular weight is 454 g/mol. The van der Waals surface area contributed by atoms with Crippen molar-refractivity contribution in [1.82, 2.24) is 10.0 Å². The predicted octanol–water partition coefficient (Wildman–Crippen LogP) is 2.27. The summed E-state index contributed by atoms with van der Waals surface area (Å²) < 4.78 is 127. The number of halogens is 6. The Kier molecular flexibility index (Phi) is 5.69. The summed E-state index contributed by atoms with van der Waals surface area (Å²) in [6, 6.07) is 3.86. The zero-order valence-corrected chi connectivity index (χ0v) is 14.7. The Hall–Kier alpha value is -2.33. The molecular formula is C12H8F6N2O6S2. The maximum atomic E-state index is 12.5. The number of nitrogens with zero attached hydrogens (tertiary/aromatic N) is 2. The van der Waals surface area contributed by atoms with Gasteiger partial charge < -0.3 is 4.18 Å². The van der Waals surface area contributed by atoms with Gasteiger partial charge in [0.05, 0.1) is 17.9 Å². The molecule has 1 aromatic rings. The zero-order chi connectivity index (χ0) is 21.4. The van der Waals surface area contributed by atoms with E-state index in [4.69, 9.17) is 0 Å². The molecule has 2 rings (SSSR count). The van der Waals surface area contributed by atoms with E-state index >= 15 is 0 Å². The zero-order valence-electron chi connectivity index (χ0n) is 13.1. The van der Waals surface area contributed by atoms with Crippen molar-refractivity contribution in [1.29, 1.82) is 0 Å². The van der Waals surface area contributed by atoms with Gasteiger partial charge in [0, 0.05) is 12.3 Å². The van der Waals surface area contributed by atoms with Crippen molar-refractivity contribution in [2.45, 2.75) is 11.0 Å². The third-order valence-corrected chi connectivity index (χ3v) is 4.82. The van der Waals surface area contributed by atoms with Crippen LogP contribution < -0.4 is 0 Å². The molecule has 8 nitrogen and oxygen atoms in total. The summed E-state index contributed by atoms with van der Waals surface area (Å²) in [5.41, 5.74) is -12.4. The van der Waals surface area contributed by atoms with Crippen molar-refractivity contribution in [3.05, 3.63) is 48.0 Å². The summed E-state index contributed by atoms with van der Waals surface area (Å²) >= 11 is 0. The smallest absolute Gasteiger partial charge is 0.376 e. The first-order valence-corrected chi connectivity index (χ1v) is 9.58. The number of hydrogen-bond donors (Lipinski definition) is 0.